The lowest BCUT2D eigenvalue weighted by atomic mass is 10.3. The summed E-state index contributed by atoms with van der Waals surface area (Å²) in [6, 6.07) is 10.2. The van der Waals surface area contributed by atoms with E-state index in [1.165, 1.54) is 30.3 Å². The molecule has 0 atom stereocenters. The number of para-hydroxylation sites is 1. The van der Waals surface area contributed by atoms with Crippen molar-refractivity contribution >= 4 is 23.0 Å². The number of nitrogens with two attached hydrogens (primary N) is 2. The van der Waals surface area contributed by atoms with Crippen LogP contribution in [-0.2, 0) is 0 Å². The summed E-state index contributed by atoms with van der Waals surface area (Å²) in [5.74, 6) is -0.793. The molecule has 0 aliphatic carbocycles. The van der Waals surface area contributed by atoms with E-state index in [0.29, 0.717) is 5.69 Å². The van der Waals surface area contributed by atoms with Gasteiger partial charge in [-0.05, 0) is 30.3 Å². The number of nitrogen functional groups attached to an aromatic ring is 2. The highest BCUT2D eigenvalue weighted by atomic mass is 35.5. The van der Waals surface area contributed by atoms with Crippen molar-refractivity contribution in [1.82, 2.24) is 0 Å². The largest absolute Gasteiger partial charge is 0.399 e. The molecule has 0 aliphatic rings. The molecule has 5 heteroatoms. The van der Waals surface area contributed by atoms with Crippen molar-refractivity contribution in [2.75, 3.05) is 11.5 Å². The van der Waals surface area contributed by atoms with Crippen LogP contribution >= 0.6 is 11.6 Å². The lowest BCUT2D eigenvalue weighted by Gasteiger charge is -1.93. The molecule has 2 aromatic rings. The fraction of sp³-hybridized carbons (Fsp3) is 0. The number of hydrogen-bond acceptors (Lipinski definition) is 2. The lowest BCUT2D eigenvalue weighted by molar-refractivity contribution is 0.628. The average molecular weight is 257 g/mol. The Labute approximate surface area is 103 Å². The molecule has 0 unspecified atom stereocenters. The molecule has 90 valence electrons. The summed E-state index contributed by atoms with van der Waals surface area (Å²) in [6.07, 6.45) is 0. The van der Waals surface area contributed by atoms with Gasteiger partial charge in [-0.25, -0.2) is 8.78 Å². The third-order valence-electron chi connectivity index (χ3n) is 1.85. The normalized spacial score (nSPS) is 9.35. The highest BCUT2D eigenvalue weighted by Gasteiger charge is 1.96. The molecule has 0 saturated carbocycles. The van der Waals surface area contributed by atoms with Gasteiger partial charge >= 0.3 is 0 Å². The molecule has 0 saturated heterocycles. The number of hydrogen-bond donors (Lipinski definition) is 2. The Hall–Kier alpha value is -1.81. The summed E-state index contributed by atoms with van der Waals surface area (Å²) < 4.78 is 24.5. The van der Waals surface area contributed by atoms with Crippen molar-refractivity contribution < 1.29 is 8.78 Å². The summed E-state index contributed by atoms with van der Waals surface area (Å²) in [7, 11) is 0. The van der Waals surface area contributed by atoms with Crippen LogP contribution in [0.25, 0.3) is 0 Å². The smallest absolute Gasteiger partial charge is 0.146 e. The standard InChI is InChI=1S/C6H5ClFN.C6H6FN/c7-5-3-4(9)1-2-6(5)8;7-5-3-1-2-4-6(5)8/h1-3H,9H2;1-4H,8H2. The Kier molecular flexibility index (Phi) is 4.72. The van der Waals surface area contributed by atoms with E-state index >= 15 is 0 Å². The van der Waals surface area contributed by atoms with Gasteiger partial charge in [-0.2, -0.15) is 0 Å². The van der Waals surface area contributed by atoms with Crippen molar-refractivity contribution in [3.8, 4) is 0 Å². The van der Waals surface area contributed by atoms with Gasteiger partial charge in [-0.15, -0.1) is 0 Å². The predicted molar refractivity (Wildman–Crippen MR) is 66.6 cm³/mol. The molecule has 0 spiro atoms. The van der Waals surface area contributed by atoms with E-state index in [-0.39, 0.29) is 16.5 Å². The van der Waals surface area contributed by atoms with Gasteiger partial charge in [0.1, 0.15) is 11.6 Å². The van der Waals surface area contributed by atoms with E-state index < -0.39 is 5.82 Å². The van der Waals surface area contributed by atoms with Gasteiger partial charge in [-0.1, -0.05) is 23.7 Å². The maximum atomic E-state index is 12.3. The fourth-order valence-electron chi connectivity index (χ4n) is 0.987. The van der Waals surface area contributed by atoms with Crippen LogP contribution in [-0.4, -0.2) is 0 Å². The van der Waals surface area contributed by atoms with Gasteiger partial charge in [0, 0.05) is 5.69 Å². The molecule has 0 radical (unpaired) electrons. The first-order valence-electron chi connectivity index (χ1n) is 4.71. The number of rotatable bonds is 0. The minimum Gasteiger partial charge on any atom is -0.399 e. The summed E-state index contributed by atoms with van der Waals surface area (Å²) in [4.78, 5) is 0. The molecule has 4 N–H and O–H groups in total. The van der Waals surface area contributed by atoms with Crippen molar-refractivity contribution in [3.05, 3.63) is 59.1 Å². The molecular formula is C12H11ClF2N2. The third kappa shape index (κ3) is 4.28. The lowest BCUT2D eigenvalue weighted by Crippen LogP contribution is -1.86. The second-order valence-electron chi connectivity index (χ2n) is 3.20. The maximum Gasteiger partial charge on any atom is 0.146 e. The molecule has 2 aromatic carbocycles. The van der Waals surface area contributed by atoms with E-state index in [9.17, 15) is 8.78 Å². The van der Waals surface area contributed by atoms with Crippen LogP contribution in [0.15, 0.2) is 42.5 Å². The topological polar surface area (TPSA) is 52.0 Å². The molecule has 0 heterocycles. The van der Waals surface area contributed by atoms with Crippen LogP contribution in [0.1, 0.15) is 0 Å². The van der Waals surface area contributed by atoms with E-state index in [2.05, 4.69) is 0 Å². The van der Waals surface area contributed by atoms with Crippen LogP contribution in [0.3, 0.4) is 0 Å². The summed E-state index contributed by atoms with van der Waals surface area (Å²) in [5, 5.41) is 0.0648. The summed E-state index contributed by atoms with van der Waals surface area (Å²) in [6.45, 7) is 0. The second kappa shape index (κ2) is 6.06. The van der Waals surface area contributed by atoms with Crippen LogP contribution in [0.5, 0.6) is 0 Å². The fourth-order valence-corrected chi connectivity index (χ4v) is 1.18. The zero-order chi connectivity index (χ0) is 12.8. The Bertz CT molecular complexity index is 483. The first-order valence-corrected chi connectivity index (χ1v) is 5.09. The second-order valence-corrected chi connectivity index (χ2v) is 3.60. The van der Waals surface area contributed by atoms with Crippen molar-refractivity contribution in [1.29, 1.82) is 0 Å². The number of anilines is 2. The van der Waals surface area contributed by atoms with Gasteiger partial charge < -0.3 is 11.5 Å². The van der Waals surface area contributed by atoms with Crippen molar-refractivity contribution in [2.45, 2.75) is 0 Å². The Morgan fingerprint density at radius 1 is 0.882 bits per heavy atom. The Morgan fingerprint density at radius 2 is 1.53 bits per heavy atom. The SMILES string of the molecule is Nc1ccc(F)c(Cl)c1.Nc1ccccc1F. The summed E-state index contributed by atoms with van der Waals surface area (Å²) >= 11 is 5.36. The van der Waals surface area contributed by atoms with E-state index in [1.54, 1.807) is 12.1 Å². The maximum absolute atomic E-state index is 12.3. The highest BCUT2D eigenvalue weighted by molar-refractivity contribution is 6.31. The molecular weight excluding hydrogens is 246 g/mol. The van der Waals surface area contributed by atoms with E-state index in [0.717, 1.165) is 0 Å². The first-order chi connectivity index (χ1) is 8.00. The van der Waals surface area contributed by atoms with Gasteiger partial charge in [0.05, 0.1) is 10.7 Å². The monoisotopic (exact) mass is 256 g/mol. The van der Waals surface area contributed by atoms with Gasteiger partial charge in [-0.3, -0.25) is 0 Å². The zero-order valence-corrected chi connectivity index (χ0v) is 9.59. The van der Waals surface area contributed by atoms with Crippen LogP contribution in [0.2, 0.25) is 5.02 Å². The molecule has 2 nitrogen and oxygen atoms in total. The molecule has 17 heavy (non-hydrogen) atoms. The highest BCUT2D eigenvalue weighted by Crippen LogP contribution is 2.16. The average Bonchev–Trinajstić information content (AvgIpc) is 2.29. The third-order valence-corrected chi connectivity index (χ3v) is 2.14. The van der Waals surface area contributed by atoms with Crippen LogP contribution < -0.4 is 11.5 Å². The molecule has 0 aliphatic heterocycles. The van der Waals surface area contributed by atoms with Crippen LogP contribution in [0.4, 0.5) is 20.2 Å². The molecule has 0 amide bonds. The van der Waals surface area contributed by atoms with E-state index in [1.807, 2.05) is 0 Å². The zero-order valence-electron chi connectivity index (χ0n) is 8.83. The molecule has 0 bridgehead atoms. The van der Waals surface area contributed by atoms with Gasteiger partial charge in [0.25, 0.3) is 0 Å². The number of halogens is 3. The molecule has 0 fully saturated rings. The first kappa shape index (κ1) is 13.3. The minimum atomic E-state index is -0.439. The molecule has 0 aromatic heterocycles. The van der Waals surface area contributed by atoms with Crippen LogP contribution in [0, 0.1) is 11.6 Å². The predicted octanol–water partition coefficient (Wildman–Crippen LogP) is 3.47. The van der Waals surface area contributed by atoms with Crippen molar-refractivity contribution in [3.63, 3.8) is 0 Å². The van der Waals surface area contributed by atoms with Gasteiger partial charge in [0.2, 0.25) is 0 Å². The van der Waals surface area contributed by atoms with Gasteiger partial charge in [0.15, 0.2) is 0 Å². The Morgan fingerprint density at radius 3 is 1.94 bits per heavy atom. The quantitative estimate of drug-likeness (QED) is 0.709. The van der Waals surface area contributed by atoms with Crippen molar-refractivity contribution in [2.24, 2.45) is 0 Å². The molecule has 2 rings (SSSR count). The Balaban J connectivity index is 0.000000171. The minimum absolute atomic E-state index is 0.0648. The summed E-state index contributed by atoms with van der Waals surface area (Å²) in [5.41, 5.74) is 11.1. The number of benzene rings is 2. The van der Waals surface area contributed by atoms with E-state index in [4.69, 9.17) is 23.1 Å².